The van der Waals surface area contributed by atoms with Gasteiger partial charge in [0.15, 0.2) is 6.04 Å². The number of hydrogen-bond donors (Lipinski definition) is 4. The molecule has 8 heteroatoms. The molecular weight excluding hydrogens is 280 g/mol. The van der Waals surface area contributed by atoms with Crippen LogP contribution in [0.4, 0.5) is 10.5 Å². The number of rotatable bonds is 6. The Balaban J connectivity index is 2.81. The third-order valence-corrected chi connectivity index (χ3v) is 2.69. The van der Waals surface area contributed by atoms with E-state index in [9.17, 15) is 14.7 Å². The second-order valence-electron chi connectivity index (χ2n) is 4.22. The summed E-state index contributed by atoms with van der Waals surface area (Å²) in [5.41, 5.74) is 0.338. The van der Waals surface area contributed by atoms with Crippen molar-refractivity contribution in [1.82, 2.24) is 5.32 Å². The van der Waals surface area contributed by atoms with Crippen LogP contribution in [0.1, 0.15) is 6.92 Å². The molecule has 116 valence electrons. The molecule has 0 aliphatic heterocycles. The van der Waals surface area contributed by atoms with Gasteiger partial charge < -0.3 is 30.3 Å². The smallest absolute Gasteiger partial charge is 0.328 e. The van der Waals surface area contributed by atoms with Crippen molar-refractivity contribution < 1.29 is 29.3 Å². The molecule has 0 bridgehead atoms. The van der Waals surface area contributed by atoms with Crippen LogP contribution in [0.2, 0.25) is 0 Å². The Hall–Kier alpha value is -2.48. The maximum Gasteiger partial charge on any atom is 0.328 e. The number of carboxylic acid groups (broad SMARTS) is 1. The number of benzene rings is 1. The van der Waals surface area contributed by atoms with E-state index in [1.807, 2.05) is 0 Å². The number of urea groups is 1. The number of hydrogen-bond acceptors (Lipinski definition) is 5. The fraction of sp³-hybridized carbons (Fsp3) is 0.385. The van der Waals surface area contributed by atoms with E-state index in [2.05, 4.69) is 10.6 Å². The van der Waals surface area contributed by atoms with Crippen LogP contribution in [-0.4, -0.2) is 48.6 Å². The molecule has 1 rings (SSSR count). The summed E-state index contributed by atoms with van der Waals surface area (Å²) < 4.78 is 10.1. The van der Waals surface area contributed by atoms with Crippen LogP contribution in [0.5, 0.6) is 11.5 Å². The van der Waals surface area contributed by atoms with Gasteiger partial charge in [-0.05, 0) is 19.1 Å². The van der Waals surface area contributed by atoms with Crippen molar-refractivity contribution in [1.29, 1.82) is 0 Å². The summed E-state index contributed by atoms with van der Waals surface area (Å²) in [5, 5.41) is 22.8. The number of ether oxygens (including phenoxy) is 2. The van der Waals surface area contributed by atoms with Crippen LogP contribution in [-0.2, 0) is 4.79 Å². The predicted molar refractivity (Wildman–Crippen MR) is 74.8 cm³/mol. The molecule has 1 aromatic carbocycles. The highest BCUT2D eigenvalue weighted by Crippen LogP contribution is 2.28. The largest absolute Gasteiger partial charge is 0.497 e. The lowest BCUT2D eigenvalue weighted by molar-refractivity contribution is -0.141. The molecule has 0 aromatic heterocycles. The summed E-state index contributed by atoms with van der Waals surface area (Å²) in [6.45, 7) is 1.27. The molecule has 0 spiro atoms. The summed E-state index contributed by atoms with van der Waals surface area (Å²) in [6, 6.07) is 2.55. The van der Waals surface area contributed by atoms with Gasteiger partial charge in [-0.1, -0.05) is 0 Å². The number of aliphatic hydroxyl groups is 1. The second kappa shape index (κ2) is 7.34. The molecule has 21 heavy (non-hydrogen) atoms. The van der Waals surface area contributed by atoms with E-state index in [0.717, 1.165) is 0 Å². The minimum atomic E-state index is -1.41. The van der Waals surface area contributed by atoms with E-state index in [4.69, 9.17) is 14.6 Å². The molecule has 2 unspecified atom stereocenters. The highest BCUT2D eigenvalue weighted by atomic mass is 16.5. The zero-order valence-electron chi connectivity index (χ0n) is 11.9. The van der Waals surface area contributed by atoms with E-state index in [1.54, 1.807) is 18.2 Å². The number of anilines is 1. The summed E-state index contributed by atoms with van der Waals surface area (Å²) in [7, 11) is 2.92. The topological polar surface area (TPSA) is 117 Å². The number of carboxylic acids is 1. The van der Waals surface area contributed by atoms with E-state index in [0.29, 0.717) is 17.2 Å². The number of carbonyl (C=O) groups is 2. The molecule has 8 nitrogen and oxygen atoms in total. The molecule has 1 aromatic rings. The minimum Gasteiger partial charge on any atom is -0.497 e. The molecule has 0 saturated heterocycles. The minimum absolute atomic E-state index is 0.338. The Bertz CT molecular complexity index is 517. The van der Waals surface area contributed by atoms with Crippen LogP contribution in [0, 0.1) is 0 Å². The Labute approximate surface area is 121 Å². The van der Waals surface area contributed by atoms with Crippen molar-refractivity contribution in [2.45, 2.75) is 19.1 Å². The number of methoxy groups -OCH3 is 2. The average Bonchev–Trinajstić information content (AvgIpc) is 2.44. The summed E-state index contributed by atoms with van der Waals surface area (Å²) >= 11 is 0. The van der Waals surface area contributed by atoms with Gasteiger partial charge in [-0.25, -0.2) is 9.59 Å². The van der Waals surface area contributed by atoms with Gasteiger partial charge in [0.2, 0.25) is 0 Å². The fourth-order valence-corrected chi connectivity index (χ4v) is 1.59. The first-order chi connectivity index (χ1) is 9.88. The Morgan fingerprint density at radius 1 is 1.24 bits per heavy atom. The van der Waals surface area contributed by atoms with Crippen molar-refractivity contribution in [2.24, 2.45) is 0 Å². The lowest BCUT2D eigenvalue weighted by atomic mass is 10.2. The van der Waals surface area contributed by atoms with Crippen molar-refractivity contribution in [3.05, 3.63) is 18.2 Å². The normalized spacial score (nSPS) is 13.0. The first-order valence-electron chi connectivity index (χ1n) is 6.09. The monoisotopic (exact) mass is 298 g/mol. The SMILES string of the molecule is COc1ccc(NC(=O)NC(C(=O)O)C(C)O)c(OC)c1. The van der Waals surface area contributed by atoms with Crippen molar-refractivity contribution in [3.63, 3.8) is 0 Å². The number of aliphatic carboxylic acids is 1. The fourth-order valence-electron chi connectivity index (χ4n) is 1.59. The zero-order chi connectivity index (χ0) is 16.0. The number of nitrogens with one attached hydrogen (secondary N) is 2. The molecule has 4 N–H and O–H groups in total. The van der Waals surface area contributed by atoms with Crippen LogP contribution >= 0.6 is 0 Å². The summed E-state index contributed by atoms with van der Waals surface area (Å²) in [6.07, 6.45) is -1.23. The molecule has 0 aliphatic rings. The zero-order valence-corrected chi connectivity index (χ0v) is 11.9. The molecule has 0 saturated carbocycles. The number of aliphatic hydroxyl groups excluding tert-OH is 1. The maximum absolute atomic E-state index is 11.8. The highest BCUT2D eigenvalue weighted by Gasteiger charge is 2.25. The molecule has 0 radical (unpaired) electrons. The average molecular weight is 298 g/mol. The first kappa shape index (κ1) is 16.6. The van der Waals surface area contributed by atoms with Crippen molar-refractivity contribution in [2.75, 3.05) is 19.5 Å². The van der Waals surface area contributed by atoms with Crippen molar-refractivity contribution >= 4 is 17.7 Å². The molecular formula is C13H18N2O6. The Morgan fingerprint density at radius 2 is 1.90 bits per heavy atom. The van der Waals surface area contributed by atoms with Gasteiger partial charge in [0.1, 0.15) is 11.5 Å². The maximum atomic E-state index is 11.8. The molecule has 0 fully saturated rings. The van der Waals surface area contributed by atoms with Crippen LogP contribution in [0.15, 0.2) is 18.2 Å². The molecule has 0 aliphatic carbocycles. The quantitative estimate of drug-likeness (QED) is 0.613. The molecule has 0 heterocycles. The van der Waals surface area contributed by atoms with Gasteiger partial charge in [-0.2, -0.15) is 0 Å². The Kier molecular flexibility index (Phi) is 5.79. The van der Waals surface area contributed by atoms with Gasteiger partial charge in [-0.3, -0.25) is 0 Å². The lowest BCUT2D eigenvalue weighted by Gasteiger charge is -2.18. The van der Waals surface area contributed by atoms with E-state index < -0.39 is 24.1 Å². The number of carbonyl (C=O) groups excluding carboxylic acids is 1. The number of amides is 2. The molecule has 2 atom stereocenters. The van der Waals surface area contributed by atoms with Gasteiger partial charge in [0.05, 0.1) is 26.0 Å². The Morgan fingerprint density at radius 3 is 2.38 bits per heavy atom. The van der Waals surface area contributed by atoms with E-state index in [1.165, 1.54) is 21.1 Å². The predicted octanol–water partition coefficient (Wildman–Crippen LogP) is 0.659. The van der Waals surface area contributed by atoms with E-state index in [-0.39, 0.29) is 0 Å². The third-order valence-electron chi connectivity index (χ3n) is 2.69. The summed E-state index contributed by atoms with van der Waals surface area (Å²) in [4.78, 5) is 22.7. The van der Waals surface area contributed by atoms with Crippen LogP contribution in [0.3, 0.4) is 0 Å². The van der Waals surface area contributed by atoms with Gasteiger partial charge in [0, 0.05) is 6.07 Å². The highest BCUT2D eigenvalue weighted by molar-refractivity contribution is 5.93. The third kappa shape index (κ3) is 4.53. The van der Waals surface area contributed by atoms with Gasteiger partial charge in [-0.15, -0.1) is 0 Å². The van der Waals surface area contributed by atoms with Gasteiger partial charge in [0.25, 0.3) is 0 Å². The van der Waals surface area contributed by atoms with Crippen LogP contribution < -0.4 is 20.1 Å². The van der Waals surface area contributed by atoms with Crippen LogP contribution in [0.25, 0.3) is 0 Å². The lowest BCUT2D eigenvalue weighted by Crippen LogP contribution is -2.49. The first-order valence-corrected chi connectivity index (χ1v) is 6.09. The standard InChI is InChI=1S/C13H18N2O6/c1-7(16)11(12(17)18)15-13(19)14-9-5-4-8(20-2)6-10(9)21-3/h4-7,11,16H,1-3H3,(H,17,18)(H2,14,15,19). The van der Waals surface area contributed by atoms with E-state index >= 15 is 0 Å². The van der Waals surface area contributed by atoms with Crippen molar-refractivity contribution in [3.8, 4) is 11.5 Å². The second-order valence-corrected chi connectivity index (χ2v) is 4.22. The summed E-state index contributed by atoms with van der Waals surface area (Å²) in [5.74, 6) is -0.430. The van der Waals surface area contributed by atoms with Gasteiger partial charge >= 0.3 is 12.0 Å². The molecule has 2 amide bonds.